The van der Waals surface area contributed by atoms with Crippen molar-refractivity contribution in [1.82, 2.24) is 4.90 Å². The van der Waals surface area contributed by atoms with E-state index >= 15 is 0 Å². The number of halogens is 1. The van der Waals surface area contributed by atoms with E-state index in [1.807, 2.05) is 24.3 Å². The SMILES string of the molecule is CCCN1CCC(C#N)(Nc2ccccc2Cl)CC1. The molecule has 1 heterocycles. The molecule has 1 N–H and O–H groups in total. The smallest absolute Gasteiger partial charge is 0.127 e. The Labute approximate surface area is 120 Å². The summed E-state index contributed by atoms with van der Waals surface area (Å²) in [6.45, 7) is 5.25. The van der Waals surface area contributed by atoms with Crippen molar-refractivity contribution in [1.29, 1.82) is 5.26 Å². The van der Waals surface area contributed by atoms with Gasteiger partial charge in [0.25, 0.3) is 0 Å². The van der Waals surface area contributed by atoms with Crippen LogP contribution in [0.4, 0.5) is 5.69 Å². The lowest BCUT2D eigenvalue weighted by atomic mass is 9.88. The summed E-state index contributed by atoms with van der Waals surface area (Å²) < 4.78 is 0. The Hall–Kier alpha value is -1.24. The zero-order chi connectivity index (χ0) is 13.7. The molecule has 0 amide bonds. The van der Waals surface area contributed by atoms with E-state index in [0.29, 0.717) is 5.02 Å². The van der Waals surface area contributed by atoms with Crippen LogP contribution in [0.25, 0.3) is 0 Å². The van der Waals surface area contributed by atoms with E-state index in [2.05, 4.69) is 23.2 Å². The zero-order valence-electron chi connectivity index (χ0n) is 11.3. The first-order valence-electron chi connectivity index (χ1n) is 6.85. The molecule has 1 aliphatic heterocycles. The molecule has 0 radical (unpaired) electrons. The monoisotopic (exact) mass is 277 g/mol. The zero-order valence-corrected chi connectivity index (χ0v) is 12.1. The van der Waals surface area contributed by atoms with E-state index in [1.165, 1.54) is 0 Å². The average molecular weight is 278 g/mol. The van der Waals surface area contributed by atoms with Gasteiger partial charge < -0.3 is 10.2 Å². The van der Waals surface area contributed by atoms with Crippen LogP contribution in [-0.2, 0) is 0 Å². The van der Waals surface area contributed by atoms with Crippen LogP contribution in [-0.4, -0.2) is 30.1 Å². The number of hydrogen-bond acceptors (Lipinski definition) is 3. The van der Waals surface area contributed by atoms with E-state index < -0.39 is 5.54 Å². The van der Waals surface area contributed by atoms with Crippen molar-refractivity contribution >= 4 is 17.3 Å². The van der Waals surface area contributed by atoms with E-state index in [9.17, 15) is 5.26 Å². The maximum atomic E-state index is 9.54. The maximum Gasteiger partial charge on any atom is 0.127 e. The van der Waals surface area contributed by atoms with Crippen LogP contribution >= 0.6 is 11.6 Å². The Morgan fingerprint density at radius 3 is 2.63 bits per heavy atom. The van der Waals surface area contributed by atoms with Crippen molar-refractivity contribution in [2.75, 3.05) is 25.0 Å². The minimum absolute atomic E-state index is 0.477. The number of piperidine rings is 1. The first kappa shape index (κ1) is 14.2. The van der Waals surface area contributed by atoms with Gasteiger partial charge in [0.2, 0.25) is 0 Å². The van der Waals surface area contributed by atoms with Crippen LogP contribution in [0.5, 0.6) is 0 Å². The van der Waals surface area contributed by atoms with E-state index in [-0.39, 0.29) is 0 Å². The molecular formula is C15H20ClN3. The first-order valence-corrected chi connectivity index (χ1v) is 7.23. The molecule has 0 spiro atoms. The highest BCUT2D eigenvalue weighted by atomic mass is 35.5. The summed E-state index contributed by atoms with van der Waals surface area (Å²) in [5.41, 5.74) is 0.379. The maximum absolute atomic E-state index is 9.54. The standard InChI is InChI=1S/C15H20ClN3/c1-2-9-19-10-7-15(12-17,8-11-19)18-14-6-4-3-5-13(14)16/h3-6,18H,2,7-11H2,1H3. The van der Waals surface area contributed by atoms with Gasteiger partial charge in [-0.3, -0.25) is 0 Å². The fraction of sp³-hybridized carbons (Fsp3) is 0.533. The van der Waals surface area contributed by atoms with Gasteiger partial charge in [0, 0.05) is 13.1 Å². The predicted octanol–water partition coefficient (Wildman–Crippen LogP) is 3.52. The molecule has 0 unspecified atom stereocenters. The van der Waals surface area contributed by atoms with Gasteiger partial charge in [-0.2, -0.15) is 5.26 Å². The second-order valence-electron chi connectivity index (χ2n) is 5.14. The van der Waals surface area contributed by atoms with Crippen LogP contribution in [0.3, 0.4) is 0 Å². The Bertz CT molecular complexity index is 459. The molecule has 0 aromatic heterocycles. The lowest BCUT2D eigenvalue weighted by Gasteiger charge is -2.38. The number of benzene rings is 1. The normalized spacial score (nSPS) is 18.8. The number of rotatable bonds is 4. The fourth-order valence-corrected chi connectivity index (χ4v) is 2.74. The molecule has 2 rings (SSSR count). The topological polar surface area (TPSA) is 39.1 Å². The average Bonchev–Trinajstić information content (AvgIpc) is 2.44. The summed E-state index contributed by atoms with van der Waals surface area (Å²) in [4.78, 5) is 2.42. The van der Waals surface area contributed by atoms with Crippen molar-refractivity contribution in [3.63, 3.8) is 0 Å². The summed E-state index contributed by atoms with van der Waals surface area (Å²) in [5, 5.41) is 13.6. The van der Waals surface area contributed by atoms with Crippen molar-refractivity contribution in [3.8, 4) is 6.07 Å². The van der Waals surface area contributed by atoms with Gasteiger partial charge in [0.15, 0.2) is 0 Å². The molecule has 4 heteroatoms. The van der Waals surface area contributed by atoms with E-state index in [1.54, 1.807) is 0 Å². The Kier molecular flexibility index (Phi) is 4.68. The van der Waals surface area contributed by atoms with Crippen molar-refractivity contribution in [2.24, 2.45) is 0 Å². The molecule has 1 saturated heterocycles. The highest BCUT2D eigenvalue weighted by Crippen LogP contribution is 2.30. The summed E-state index contributed by atoms with van der Waals surface area (Å²) in [6.07, 6.45) is 2.85. The highest BCUT2D eigenvalue weighted by molar-refractivity contribution is 6.33. The number of nitriles is 1. The predicted molar refractivity (Wildman–Crippen MR) is 79.4 cm³/mol. The number of likely N-dealkylation sites (tertiary alicyclic amines) is 1. The minimum atomic E-state index is -0.477. The lowest BCUT2D eigenvalue weighted by molar-refractivity contribution is 0.197. The van der Waals surface area contributed by atoms with Crippen LogP contribution in [0.2, 0.25) is 5.02 Å². The Morgan fingerprint density at radius 2 is 2.05 bits per heavy atom. The highest BCUT2D eigenvalue weighted by Gasteiger charge is 2.34. The number of nitrogens with zero attached hydrogens (tertiary/aromatic N) is 2. The molecule has 102 valence electrons. The molecule has 0 bridgehead atoms. The van der Waals surface area contributed by atoms with Gasteiger partial charge in [-0.25, -0.2) is 0 Å². The third kappa shape index (κ3) is 3.40. The molecule has 0 aliphatic carbocycles. The van der Waals surface area contributed by atoms with Gasteiger partial charge in [-0.05, 0) is 37.9 Å². The Morgan fingerprint density at radius 1 is 1.37 bits per heavy atom. The largest absolute Gasteiger partial charge is 0.366 e. The van der Waals surface area contributed by atoms with Crippen LogP contribution in [0.15, 0.2) is 24.3 Å². The molecule has 3 nitrogen and oxygen atoms in total. The molecule has 1 aromatic carbocycles. The van der Waals surface area contributed by atoms with Gasteiger partial charge >= 0.3 is 0 Å². The molecule has 0 saturated carbocycles. The van der Waals surface area contributed by atoms with Crippen molar-refractivity contribution in [2.45, 2.75) is 31.7 Å². The van der Waals surface area contributed by atoms with Crippen LogP contribution in [0.1, 0.15) is 26.2 Å². The van der Waals surface area contributed by atoms with E-state index in [4.69, 9.17) is 11.6 Å². The number of nitrogens with one attached hydrogen (secondary N) is 1. The Balaban J connectivity index is 2.05. The summed E-state index contributed by atoms with van der Waals surface area (Å²) in [7, 11) is 0. The molecule has 0 atom stereocenters. The van der Waals surface area contributed by atoms with Gasteiger partial charge in [0.05, 0.1) is 16.8 Å². The lowest BCUT2D eigenvalue weighted by Crippen LogP contribution is -2.48. The molecule has 1 aromatic rings. The quantitative estimate of drug-likeness (QED) is 0.915. The van der Waals surface area contributed by atoms with E-state index in [0.717, 1.165) is 44.6 Å². The summed E-state index contributed by atoms with van der Waals surface area (Å²) in [6, 6.07) is 10.1. The first-order chi connectivity index (χ1) is 9.19. The summed E-state index contributed by atoms with van der Waals surface area (Å²) >= 11 is 6.16. The summed E-state index contributed by atoms with van der Waals surface area (Å²) in [5.74, 6) is 0. The van der Waals surface area contributed by atoms with Crippen LogP contribution < -0.4 is 5.32 Å². The second-order valence-corrected chi connectivity index (χ2v) is 5.55. The third-order valence-electron chi connectivity index (χ3n) is 3.71. The number of anilines is 1. The number of para-hydroxylation sites is 1. The number of hydrogen-bond donors (Lipinski definition) is 1. The third-order valence-corrected chi connectivity index (χ3v) is 4.04. The molecule has 1 aliphatic rings. The van der Waals surface area contributed by atoms with Gasteiger partial charge in [-0.15, -0.1) is 0 Å². The molecular weight excluding hydrogens is 258 g/mol. The van der Waals surface area contributed by atoms with Crippen LogP contribution in [0, 0.1) is 11.3 Å². The van der Waals surface area contributed by atoms with Gasteiger partial charge in [0.1, 0.15) is 5.54 Å². The van der Waals surface area contributed by atoms with Crippen molar-refractivity contribution < 1.29 is 0 Å². The molecule has 1 fully saturated rings. The second kappa shape index (κ2) is 6.27. The van der Waals surface area contributed by atoms with Crippen molar-refractivity contribution in [3.05, 3.63) is 29.3 Å². The fourth-order valence-electron chi connectivity index (χ4n) is 2.56. The van der Waals surface area contributed by atoms with Gasteiger partial charge in [-0.1, -0.05) is 30.7 Å². The molecule has 19 heavy (non-hydrogen) atoms. The minimum Gasteiger partial charge on any atom is -0.366 e.